The number of anilines is 4. The van der Waals surface area contributed by atoms with Crippen molar-refractivity contribution in [1.82, 2.24) is 42.9 Å². The van der Waals surface area contributed by atoms with Crippen LogP contribution in [0, 0.1) is 0 Å². The molecule has 0 atom stereocenters. The lowest BCUT2D eigenvalue weighted by Gasteiger charge is -2.21. The van der Waals surface area contributed by atoms with Crippen LogP contribution in [0.15, 0.2) is 292 Å². The zero-order chi connectivity index (χ0) is 86.7. The summed E-state index contributed by atoms with van der Waals surface area (Å²) in [6.07, 6.45) is 0. The van der Waals surface area contributed by atoms with Crippen molar-refractivity contribution in [3.63, 3.8) is 0 Å². The Bertz CT molecular complexity index is 8160. The van der Waals surface area contributed by atoms with Crippen molar-refractivity contribution in [1.29, 1.82) is 0 Å². The molecule has 0 unspecified atom stereocenters. The third-order valence-corrected chi connectivity index (χ3v) is 23.6. The quantitative estimate of drug-likeness (QED) is 0.0468. The monoisotopic (exact) mass is 1770 g/mol. The van der Waals surface area contributed by atoms with E-state index in [-0.39, 0.29) is 71.8 Å². The van der Waals surface area contributed by atoms with Crippen LogP contribution in [-0.2, 0) is 4.74 Å². The number of benzene rings is 15. The van der Waals surface area contributed by atoms with Crippen LogP contribution in [0.3, 0.4) is 0 Å². The number of aliphatic hydroxyl groups excluding tert-OH is 3. The average Bonchev–Trinajstić information content (AvgIpc) is 1.63. The van der Waals surface area contributed by atoms with E-state index in [2.05, 4.69) is 20.0 Å². The molecule has 0 spiro atoms. The topological polar surface area (TPSA) is 312 Å². The van der Waals surface area contributed by atoms with Crippen LogP contribution < -0.4 is 48.8 Å². The van der Waals surface area contributed by atoms with Gasteiger partial charge in [-0.15, -0.1) is 0 Å². The Labute approximate surface area is 753 Å². The molecule has 1 aliphatic rings. The molecule has 0 fully saturated rings. The zero-order valence-electron chi connectivity index (χ0n) is 67.2. The Kier molecular flexibility index (Phi) is 26.2. The highest BCUT2D eigenvalue weighted by Gasteiger charge is 2.29. The van der Waals surface area contributed by atoms with E-state index in [0.717, 1.165) is 120 Å². The number of nitrogens with one attached hydrogen (secondary N) is 1. The van der Waals surface area contributed by atoms with E-state index in [1.807, 2.05) is 242 Å². The van der Waals surface area contributed by atoms with Crippen LogP contribution >= 0.6 is 34.8 Å². The number of ether oxygens (including phenoxy) is 1. The number of esters is 2. The summed E-state index contributed by atoms with van der Waals surface area (Å²) < 4.78 is 11.4. The number of hydrogen-bond acceptors (Lipinski definition) is 19. The minimum atomic E-state index is -0.620. The van der Waals surface area contributed by atoms with Crippen LogP contribution in [0.25, 0.3) is 164 Å². The molecular weight excluding hydrogens is 1690 g/mol. The number of aliphatic hydroxyl groups is 3. The number of likely N-dealkylation sites (N-methyl/N-ethyl adjacent to an activating group) is 3. The Morgan fingerprint density at radius 1 is 0.318 bits per heavy atom. The van der Waals surface area contributed by atoms with Crippen molar-refractivity contribution >= 4 is 233 Å². The molecule has 26 heteroatoms. The lowest BCUT2D eigenvalue weighted by Crippen LogP contribution is -2.22. The Balaban J connectivity index is 0.000000126. The number of nitrogens with two attached hydrogens (primary N) is 2. The summed E-state index contributed by atoms with van der Waals surface area (Å²) >= 11 is 18.6. The molecule has 8 N–H and O–H groups in total. The van der Waals surface area contributed by atoms with Crippen molar-refractivity contribution < 1.29 is 29.6 Å². The van der Waals surface area contributed by atoms with E-state index >= 15 is 0 Å². The van der Waals surface area contributed by atoms with Gasteiger partial charge in [-0.2, -0.15) is 0 Å². The van der Waals surface area contributed by atoms with E-state index < -0.39 is 11.9 Å². The first-order valence-corrected chi connectivity index (χ1v) is 41.1. The number of halogens is 3. The van der Waals surface area contributed by atoms with Gasteiger partial charge in [0, 0.05) is 157 Å². The number of hydrogen-bond donors (Lipinski definition) is 6. The fourth-order valence-electron chi connectivity index (χ4n) is 16.8. The summed E-state index contributed by atoms with van der Waals surface area (Å²) in [5, 5.41) is 46.4. The van der Waals surface area contributed by atoms with Crippen LogP contribution in [0.2, 0.25) is 15.1 Å². The number of aromatic nitrogens is 8. The van der Waals surface area contributed by atoms with Crippen molar-refractivity contribution in [2.75, 3.05) is 81.9 Å². The molecule has 23 nitrogen and oxygen atoms in total. The molecule has 15 aromatic carbocycles. The number of carbonyl (C=O) groups is 2. The largest absolute Gasteiger partial charge is 0.397 e. The predicted molar refractivity (Wildman–Crippen MR) is 533 cm³/mol. The first-order valence-electron chi connectivity index (χ1n) is 39.9. The summed E-state index contributed by atoms with van der Waals surface area (Å²) in [4.78, 5) is 98.2. The van der Waals surface area contributed by atoms with Crippen LogP contribution in [-0.4, -0.2) is 125 Å². The number of nitrogen functional groups attached to an aromatic ring is 2. The number of carbonyl (C=O) groups excluding carboxylic acids is 2. The van der Waals surface area contributed by atoms with Crippen LogP contribution in [0.4, 0.5) is 22.7 Å². The van der Waals surface area contributed by atoms with Gasteiger partial charge in [-0.25, -0.2) is 29.5 Å². The maximum absolute atomic E-state index is 13.2. The standard InChI is InChI=1S/2C21H17N3O2.2C18H9ClN2O.C12H5ClO3.C6H8N2.C3H9NO.4CH4/c1-23(11-12-25)17-10-9-14-19-13(17)5-4-6-15(19)21(26)24-18-8-3-2-7-16(18)22-20(14)24;1-23(11-12-25)17-10-9-15-19-13(17)5-4-6-14(19)20-22-16-7-2-3-8-18(16)24(20)21(15)26;19-13-9-8-11-16-10(13)4-3-5-12(16)18(22)21-15-7-2-1-6-14(15)20-17(11)21;19-13-9-8-12-16-10(13)4-3-5-11(16)17-20-14-6-1-2-7-15(14)21(17)18(12)22;13-9-5-4-8-10-6(9)2-1-3-7(10)11(14)16-12(8)15;7-5-3-1-2-4-6(5)8;1-4-2-3-5;;;;/h2*2-10,25H,11-12H2,1H3;2*1-9H;1-5H;1-4H,7-8H2;4-5H,2-3H2,1H3;4*1H4. The fourth-order valence-corrected chi connectivity index (χ4v) is 17.5. The maximum Gasteiger partial charge on any atom is 0.346 e. The molecule has 23 aromatic rings. The van der Waals surface area contributed by atoms with E-state index in [1.165, 1.54) is 0 Å². The van der Waals surface area contributed by atoms with E-state index in [0.29, 0.717) is 112 Å². The van der Waals surface area contributed by atoms with Gasteiger partial charge < -0.3 is 46.6 Å². The van der Waals surface area contributed by atoms with E-state index in [1.54, 1.807) is 79.2 Å². The molecule has 0 radical (unpaired) electrons. The minimum Gasteiger partial charge on any atom is -0.397 e. The molecule has 0 bridgehead atoms. The average molecular weight is 1780 g/mol. The van der Waals surface area contributed by atoms with Crippen LogP contribution in [0.5, 0.6) is 0 Å². The van der Waals surface area contributed by atoms with Crippen LogP contribution in [0.1, 0.15) is 50.4 Å². The molecule has 0 saturated carbocycles. The molecule has 9 heterocycles. The number of cyclic esters (lactones) is 2. The number of nitrogens with zero attached hydrogens (tertiary/aromatic N) is 10. The highest BCUT2D eigenvalue weighted by atomic mass is 35.5. The second kappa shape index (κ2) is 37.4. The Hall–Kier alpha value is -14.8. The fraction of sp³-hybridized carbons (Fsp3) is 0.126. The zero-order valence-corrected chi connectivity index (χ0v) is 69.5. The lowest BCUT2D eigenvalue weighted by atomic mass is 9.97. The summed E-state index contributed by atoms with van der Waals surface area (Å²) in [5.74, 6) is -1.24. The van der Waals surface area contributed by atoms with Crippen molar-refractivity contribution in [2.45, 2.75) is 29.7 Å². The molecule has 1 aliphatic heterocycles. The Morgan fingerprint density at radius 2 is 0.589 bits per heavy atom. The third kappa shape index (κ3) is 15.6. The molecule has 0 amide bonds. The van der Waals surface area contributed by atoms with E-state index in [9.17, 15) is 39.0 Å². The van der Waals surface area contributed by atoms with Crippen molar-refractivity contribution in [3.05, 3.63) is 341 Å². The molecule has 24 rings (SSSR count). The third-order valence-electron chi connectivity index (χ3n) is 22.6. The highest BCUT2D eigenvalue weighted by Crippen LogP contribution is 2.41. The molecule has 648 valence electrons. The summed E-state index contributed by atoms with van der Waals surface area (Å²) in [6, 6.07) is 85.1. The van der Waals surface area contributed by atoms with Gasteiger partial charge in [-0.1, -0.05) is 198 Å². The second-order valence-electron chi connectivity index (χ2n) is 29.9. The normalized spacial score (nSPS) is 11.5. The van der Waals surface area contributed by atoms with Gasteiger partial charge in [-0.05, 0) is 147 Å². The van der Waals surface area contributed by atoms with Gasteiger partial charge in [0.1, 0.15) is 22.6 Å². The number of para-hydroxylation sites is 10. The van der Waals surface area contributed by atoms with Gasteiger partial charge in [-0.3, -0.25) is 36.8 Å². The van der Waals surface area contributed by atoms with Gasteiger partial charge >= 0.3 is 11.9 Å². The summed E-state index contributed by atoms with van der Waals surface area (Å²) in [5.41, 5.74) is 24.0. The van der Waals surface area contributed by atoms with Gasteiger partial charge in [0.05, 0.1) is 86.5 Å². The molecular formula is C103H90Cl3N13O10. The first-order chi connectivity index (χ1) is 60.8. The number of imidazole rings is 4. The van der Waals surface area contributed by atoms with Gasteiger partial charge in [0.2, 0.25) is 0 Å². The van der Waals surface area contributed by atoms with E-state index in [4.69, 9.17) is 61.3 Å². The minimum absolute atomic E-state index is 0. The smallest absolute Gasteiger partial charge is 0.346 e. The van der Waals surface area contributed by atoms with Crippen molar-refractivity contribution in [3.8, 4) is 0 Å². The lowest BCUT2D eigenvalue weighted by molar-refractivity contribution is 0.0391. The second-order valence-corrected chi connectivity index (χ2v) is 31.1. The SMILES string of the molecule is C.C.C.C.CN(CCO)c1ccc2c(=O)n3c4ccccc4nc3c3cccc1c23.CN(CCO)c1ccc2c3c1cccc3c(=O)n1c3ccccc3nc21.CNCCO.Nc1ccccc1N.O=C1OC(=O)c2ccc(Cl)c3cccc1c23.O=c1c2ccc(Cl)c3cccc(c32)c2nc3ccccc3n12.O=c1c2cccc3c(Cl)ccc(c32)c2nc3ccccc3n12. The van der Waals surface area contributed by atoms with Gasteiger partial charge in [0.15, 0.2) is 0 Å². The Morgan fingerprint density at radius 3 is 0.938 bits per heavy atom. The molecule has 129 heavy (non-hydrogen) atoms. The number of fused-ring (bicyclic) bond motifs is 16. The molecule has 0 saturated heterocycles. The first kappa shape index (κ1) is 90.5. The number of rotatable bonds is 8. The highest BCUT2D eigenvalue weighted by molar-refractivity contribution is 6.39. The molecule has 0 aliphatic carbocycles. The van der Waals surface area contributed by atoms with Gasteiger partial charge in [0.25, 0.3) is 22.2 Å². The molecule has 8 aromatic heterocycles. The number of pyridine rings is 4. The maximum atomic E-state index is 13.2. The van der Waals surface area contributed by atoms with Crippen molar-refractivity contribution in [2.24, 2.45) is 0 Å². The summed E-state index contributed by atoms with van der Waals surface area (Å²) in [6.45, 7) is 2.15. The summed E-state index contributed by atoms with van der Waals surface area (Å²) in [7, 11) is 5.69. The predicted octanol–water partition coefficient (Wildman–Crippen LogP) is 19.9.